The molecule has 1 aromatic carbocycles. The van der Waals surface area contributed by atoms with E-state index in [1.807, 2.05) is 19.9 Å². The molecule has 0 atom stereocenters. The summed E-state index contributed by atoms with van der Waals surface area (Å²) < 4.78 is 20.7. The van der Waals surface area contributed by atoms with Gasteiger partial charge in [-0.25, -0.2) is 4.39 Å². The third-order valence-electron chi connectivity index (χ3n) is 2.57. The highest BCUT2D eigenvalue weighted by atomic mass is 19.1. The van der Waals surface area contributed by atoms with Crippen LogP contribution in [0.3, 0.4) is 0 Å². The van der Waals surface area contributed by atoms with Crippen molar-refractivity contribution in [2.24, 2.45) is 0 Å². The molecule has 0 bridgehead atoms. The molecule has 88 valence electrons. The van der Waals surface area contributed by atoms with Crippen molar-refractivity contribution in [2.45, 2.75) is 13.8 Å². The van der Waals surface area contributed by atoms with Crippen molar-refractivity contribution >= 4 is 0 Å². The molecule has 0 spiro atoms. The van der Waals surface area contributed by atoms with Crippen molar-refractivity contribution in [1.82, 2.24) is 4.98 Å². The zero-order valence-electron chi connectivity index (χ0n) is 10.1. The molecule has 1 heterocycles. The predicted molar refractivity (Wildman–Crippen MR) is 61.8 cm³/mol. The fraction of sp³-hybridized carbons (Fsp3) is 0.231. The van der Waals surface area contributed by atoms with Gasteiger partial charge in [-0.3, -0.25) is 0 Å². The van der Waals surface area contributed by atoms with Crippen LogP contribution in [0.2, 0.25) is 0 Å². The fourth-order valence-corrected chi connectivity index (χ4v) is 1.72. The second kappa shape index (κ2) is 4.49. The van der Waals surface area contributed by atoms with Crippen molar-refractivity contribution in [3.63, 3.8) is 0 Å². The van der Waals surface area contributed by atoms with Gasteiger partial charge in [-0.05, 0) is 36.5 Å². The molecule has 0 amide bonds. The van der Waals surface area contributed by atoms with Gasteiger partial charge in [0.05, 0.1) is 7.11 Å². The number of benzene rings is 1. The summed E-state index contributed by atoms with van der Waals surface area (Å²) in [5, 5.41) is 0. The topological polar surface area (TPSA) is 26.0 Å². The molecule has 0 fully saturated rings. The minimum Gasteiger partial charge on any atom is -0.431 e. The van der Waals surface area contributed by atoms with Crippen LogP contribution in [0.4, 0.5) is 4.39 Å². The van der Waals surface area contributed by atoms with Crippen LogP contribution in [0.25, 0.3) is 5.69 Å². The highest BCUT2D eigenvalue weighted by molar-refractivity contribution is 5.30. The molecule has 0 saturated heterocycles. The molecule has 0 aliphatic rings. The first-order valence-electron chi connectivity index (χ1n) is 5.31. The lowest BCUT2D eigenvalue weighted by atomic mass is 10.2. The minimum atomic E-state index is -0.296. The van der Waals surface area contributed by atoms with Gasteiger partial charge in [0.15, 0.2) is 11.5 Å². The number of nitrogens with zero attached hydrogens (tertiary/aromatic N) is 2. The number of hydrogen-bond donors (Lipinski definition) is 0. The number of ether oxygens (including phenoxy) is 1. The van der Waals surface area contributed by atoms with Gasteiger partial charge in [0.1, 0.15) is 11.9 Å². The normalized spacial score (nSPS) is 10.4. The average Bonchev–Trinajstić information content (AvgIpc) is 2.32. The highest BCUT2D eigenvalue weighted by Crippen LogP contribution is 2.13. The van der Waals surface area contributed by atoms with Gasteiger partial charge in [-0.2, -0.15) is 4.57 Å². The number of hydrogen-bond acceptors (Lipinski definition) is 2. The fourth-order valence-electron chi connectivity index (χ4n) is 1.72. The first-order chi connectivity index (χ1) is 8.13. The van der Waals surface area contributed by atoms with Gasteiger partial charge < -0.3 is 4.74 Å². The predicted octanol–water partition coefficient (Wildman–Crippen LogP) is 2.12. The van der Waals surface area contributed by atoms with Gasteiger partial charge in [-0.15, -0.1) is 0 Å². The third-order valence-corrected chi connectivity index (χ3v) is 2.57. The molecule has 0 aliphatic heterocycles. The standard InChI is InChI=1S/C13H14FN2O/c1-9-4-5-11(14)12(8-9)16-10(2)6-7-15-13(16)17-3/h4-8H,1-3H3/q+1. The summed E-state index contributed by atoms with van der Waals surface area (Å²) >= 11 is 0. The van der Waals surface area contributed by atoms with Crippen LogP contribution in [0.15, 0.2) is 30.5 Å². The monoisotopic (exact) mass is 233 g/mol. The zero-order valence-corrected chi connectivity index (χ0v) is 10.1. The lowest BCUT2D eigenvalue weighted by molar-refractivity contribution is -0.615. The van der Waals surface area contributed by atoms with E-state index < -0.39 is 0 Å². The smallest absolute Gasteiger partial charge is 0.431 e. The SMILES string of the molecule is COc1nccc(C)[n+]1-c1cc(C)ccc1F. The first-order valence-corrected chi connectivity index (χ1v) is 5.31. The van der Waals surface area contributed by atoms with E-state index in [4.69, 9.17) is 4.74 Å². The molecule has 0 radical (unpaired) electrons. The van der Waals surface area contributed by atoms with Crippen molar-refractivity contribution in [1.29, 1.82) is 0 Å². The number of aryl methyl sites for hydroxylation is 2. The van der Waals surface area contributed by atoms with Crippen molar-refractivity contribution in [2.75, 3.05) is 7.11 Å². The molecule has 1 aromatic heterocycles. The van der Waals surface area contributed by atoms with Crippen LogP contribution in [0.5, 0.6) is 6.01 Å². The number of methoxy groups -OCH3 is 1. The molecule has 0 saturated carbocycles. The van der Waals surface area contributed by atoms with E-state index in [0.29, 0.717) is 11.7 Å². The maximum Gasteiger partial charge on any atom is 0.503 e. The van der Waals surface area contributed by atoms with Gasteiger partial charge in [0, 0.05) is 6.07 Å². The van der Waals surface area contributed by atoms with Crippen molar-refractivity contribution < 1.29 is 13.7 Å². The quantitative estimate of drug-likeness (QED) is 0.743. The molecular formula is C13H14FN2O+. The largest absolute Gasteiger partial charge is 0.503 e. The Balaban J connectivity index is 2.71. The Hall–Kier alpha value is -1.97. The molecule has 2 rings (SSSR count). The molecule has 4 heteroatoms. The van der Waals surface area contributed by atoms with E-state index in [0.717, 1.165) is 11.3 Å². The maximum absolute atomic E-state index is 13.8. The van der Waals surface area contributed by atoms with E-state index in [9.17, 15) is 4.39 Å². The summed E-state index contributed by atoms with van der Waals surface area (Å²) in [7, 11) is 1.52. The van der Waals surface area contributed by atoms with E-state index >= 15 is 0 Å². The Kier molecular flexibility index (Phi) is 3.04. The Morgan fingerprint density at radius 1 is 1.24 bits per heavy atom. The Morgan fingerprint density at radius 3 is 2.71 bits per heavy atom. The van der Waals surface area contributed by atoms with Crippen LogP contribution >= 0.6 is 0 Å². The summed E-state index contributed by atoms with van der Waals surface area (Å²) in [6.07, 6.45) is 1.64. The van der Waals surface area contributed by atoms with Crippen molar-refractivity contribution in [3.05, 3.63) is 47.5 Å². The molecule has 0 N–H and O–H groups in total. The Labute approximate surface area is 99.5 Å². The Morgan fingerprint density at radius 2 is 2.00 bits per heavy atom. The van der Waals surface area contributed by atoms with Crippen LogP contribution < -0.4 is 9.30 Å². The summed E-state index contributed by atoms with van der Waals surface area (Å²) in [4.78, 5) is 4.08. The van der Waals surface area contributed by atoms with Crippen LogP contribution in [-0.2, 0) is 0 Å². The van der Waals surface area contributed by atoms with Gasteiger partial charge >= 0.3 is 6.01 Å². The number of halogens is 1. The Bertz CT molecular complexity index is 555. The lowest BCUT2D eigenvalue weighted by Crippen LogP contribution is -2.38. The summed E-state index contributed by atoms with van der Waals surface area (Å²) in [6.45, 7) is 3.80. The minimum absolute atomic E-state index is 0.296. The molecule has 0 aliphatic carbocycles. The summed E-state index contributed by atoms with van der Waals surface area (Å²) in [5.74, 6) is -0.296. The third kappa shape index (κ3) is 2.11. The van der Waals surface area contributed by atoms with E-state index in [2.05, 4.69) is 4.98 Å². The van der Waals surface area contributed by atoms with E-state index in [1.54, 1.807) is 22.9 Å². The first kappa shape index (κ1) is 11.5. The second-order valence-corrected chi connectivity index (χ2v) is 3.86. The maximum atomic E-state index is 13.8. The summed E-state index contributed by atoms with van der Waals surface area (Å²) in [5.41, 5.74) is 2.30. The van der Waals surface area contributed by atoms with Crippen LogP contribution in [0.1, 0.15) is 11.3 Å². The summed E-state index contributed by atoms with van der Waals surface area (Å²) in [6, 6.07) is 7.13. The van der Waals surface area contributed by atoms with Gasteiger partial charge in [0.25, 0.3) is 0 Å². The van der Waals surface area contributed by atoms with Gasteiger partial charge in [-0.1, -0.05) is 6.07 Å². The molecule has 17 heavy (non-hydrogen) atoms. The lowest BCUT2D eigenvalue weighted by Gasteiger charge is -2.07. The number of aromatic nitrogens is 2. The molecular weight excluding hydrogens is 219 g/mol. The van der Waals surface area contributed by atoms with Crippen LogP contribution in [-0.4, -0.2) is 12.1 Å². The molecule has 0 unspecified atom stereocenters. The van der Waals surface area contributed by atoms with E-state index in [1.165, 1.54) is 13.2 Å². The number of rotatable bonds is 2. The van der Waals surface area contributed by atoms with E-state index in [-0.39, 0.29) is 5.82 Å². The highest BCUT2D eigenvalue weighted by Gasteiger charge is 2.20. The molecule has 3 nitrogen and oxygen atoms in total. The van der Waals surface area contributed by atoms with Gasteiger partial charge in [0.2, 0.25) is 0 Å². The van der Waals surface area contributed by atoms with Crippen LogP contribution in [0, 0.1) is 19.7 Å². The average molecular weight is 233 g/mol. The zero-order chi connectivity index (χ0) is 12.4. The molecule has 2 aromatic rings. The second-order valence-electron chi connectivity index (χ2n) is 3.86. The van der Waals surface area contributed by atoms with Crippen molar-refractivity contribution in [3.8, 4) is 11.7 Å².